The number of aliphatic carboxylic acids is 2. The molecule has 10 fully saturated rings. The zero-order chi connectivity index (χ0) is 99.3. The van der Waals surface area contributed by atoms with Crippen LogP contribution in [0.3, 0.4) is 0 Å². The van der Waals surface area contributed by atoms with Crippen molar-refractivity contribution in [2.75, 3.05) is 172 Å². The first-order chi connectivity index (χ1) is 68.5. The molecule has 2 aliphatic carbocycles. The Kier molecular flexibility index (Phi) is 32.4. The first kappa shape index (κ1) is 102. The predicted octanol–water partition coefficient (Wildman–Crippen LogP) is 20.7. The number of carbonyl (C=O) groups is 2. The number of benzene rings is 7. The first-order valence-corrected chi connectivity index (χ1v) is 53.1. The standard InChI is InChI=1S/C31H38ClN5O2.C30H36ClN5O2.C27H34ClN5O.C23H31ClFN5O/c1-19-10-11-24(26(32)13-19)20(2)33-28-25-8-4-5-9-27(25)34-30(35-28)37-17-22(18-37)21-7-6-12-36(16-21)23-14-31(3,15-23)29(38)39;1-18-9-10-24(26(31)12-18)19(2)32-28-25-7-3-4-8-27(25)33-30(34-28)36-16-22(17-36)20-6-5-11-35(15-20)23-13-21(14-23)29(37)38;1-18-9-10-22(24(28)14-18)19(2)29-26-23-7-3-4-8-25(23)30-27(31-26)33-16-21(17-33)20-6-5-11-32(15-20)12-13-34;1-15-5-6-19(20(24)10-15)16(2)27-22-21(25)11-26-23(28-22)30-13-18(14-30)17-4-3-7-29(12-17)8-9-31/h4-5,8-11,13,20-23H,6-7,12,14-18H2,1-3H3,(H,38,39)(H,33,34,35);3-4,7-10,12,19-23H,5-6,11,13-17H2,1-2H3,(H,37,38)(H,32,33,34);3-4,7-10,14,19-21,34H,5-6,11-13,15-17H2,1-2H3,(H,29,30,31);5-6,10-11,16-18,31H,3-4,7-9,12-14H2,1-2H3,(H,26,27,28). The number of fused-ring (bicyclic) bond motifs is 3. The summed E-state index contributed by atoms with van der Waals surface area (Å²) in [5.74, 6) is 8.87. The number of carboxylic acids is 2. The van der Waals surface area contributed by atoms with Gasteiger partial charge in [-0.3, -0.25) is 9.59 Å². The number of aromatic nitrogens is 8. The highest BCUT2D eigenvalue weighted by molar-refractivity contribution is 6.32. The van der Waals surface area contributed by atoms with E-state index >= 15 is 0 Å². The average molecular weight is 2010 g/mol. The number of anilines is 8. The lowest BCUT2D eigenvalue weighted by atomic mass is 9.65. The van der Waals surface area contributed by atoms with Gasteiger partial charge in [-0.2, -0.15) is 19.9 Å². The fourth-order valence-corrected chi connectivity index (χ4v) is 24.8. The summed E-state index contributed by atoms with van der Waals surface area (Å²) in [7, 11) is 0. The van der Waals surface area contributed by atoms with E-state index in [1.54, 1.807) is 0 Å². The summed E-state index contributed by atoms with van der Waals surface area (Å²) in [6, 6.07) is 49.6. The van der Waals surface area contributed by atoms with Gasteiger partial charge in [0.2, 0.25) is 23.8 Å². The maximum absolute atomic E-state index is 14.4. The number of aliphatic hydroxyl groups excluding tert-OH is 2. The number of halogens is 5. The molecule has 2 saturated carbocycles. The van der Waals surface area contributed by atoms with E-state index in [2.05, 4.69) is 171 Å². The number of likely N-dealkylation sites (tertiary alicyclic amines) is 4. The van der Waals surface area contributed by atoms with Crippen molar-refractivity contribution in [1.82, 2.24) is 59.5 Å². The van der Waals surface area contributed by atoms with E-state index in [0.29, 0.717) is 70.4 Å². The Hall–Kier alpha value is -10.2. The van der Waals surface area contributed by atoms with Gasteiger partial charge in [-0.05, 0) is 318 Å². The lowest BCUT2D eigenvalue weighted by molar-refractivity contribution is -0.158. The molecule has 26 nitrogen and oxygen atoms in total. The molecule has 0 spiro atoms. The maximum atomic E-state index is 14.4. The summed E-state index contributed by atoms with van der Waals surface area (Å²) in [6.45, 7) is 36.7. The molecule has 142 heavy (non-hydrogen) atoms. The lowest BCUT2D eigenvalue weighted by Gasteiger charge is -2.52. The van der Waals surface area contributed by atoms with Gasteiger partial charge in [0, 0.05) is 140 Å². The van der Waals surface area contributed by atoms with Gasteiger partial charge in [-0.15, -0.1) is 0 Å². The van der Waals surface area contributed by atoms with Crippen LogP contribution in [0, 0.1) is 92.2 Å². The summed E-state index contributed by atoms with van der Waals surface area (Å²) in [5, 5.41) is 57.2. The van der Waals surface area contributed by atoms with Gasteiger partial charge in [0.15, 0.2) is 11.6 Å². The number of hydrogen-bond acceptors (Lipinski definition) is 24. The van der Waals surface area contributed by atoms with Gasteiger partial charge < -0.3 is 80.9 Å². The topological polar surface area (TPSA) is 292 Å². The number of aryl methyl sites for hydroxylation is 4. The van der Waals surface area contributed by atoms with Gasteiger partial charge in [-0.25, -0.2) is 24.3 Å². The van der Waals surface area contributed by atoms with Crippen molar-refractivity contribution in [3.8, 4) is 0 Å². The quantitative estimate of drug-likeness (QED) is 0.0226. The zero-order valence-electron chi connectivity index (χ0n) is 83.4. The van der Waals surface area contributed by atoms with E-state index in [4.69, 9.17) is 76.3 Å². The third kappa shape index (κ3) is 23.7. The molecule has 21 rings (SSSR count). The van der Waals surface area contributed by atoms with E-state index in [1.807, 2.05) is 107 Å². The number of rotatable bonds is 28. The fourth-order valence-electron chi connectivity index (χ4n) is 23.2. The van der Waals surface area contributed by atoms with Gasteiger partial charge in [0.25, 0.3) is 0 Å². The Morgan fingerprint density at radius 3 is 1.04 bits per heavy atom. The summed E-state index contributed by atoms with van der Waals surface area (Å²) >= 11 is 26.1. The molecule has 12 heterocycles. The molecule has 4 aromatic heterocycles. The number of nitrogens with zero attached hydrogens (tertiary/aromatic N) is 16. The normalized spacial score (nSPS) is 23.5. The third-order valence-corrected chi connectivity index (χ3v) is 33.4. The monoisotopic (exact) mass is 2010 g/mol. The molecule has 10 aliphatic rings. The Morgan fingerprint density at radius 1 is 0.401 bits per heavy atom. The molecule has 8 unspecified atom stereocenters. The minimum Gasteiger partial charge on any atom is -0.481 e. The summed E-state index contributed by atoms with van der Waals surface area (Å²) in [4.78, 5) is 80.1. The largest absolute Gasteiger partial charge is 0.481 e. The number of nitrogens with one attached hydrogen (secondary N) is 4. The predicted molar refractivity (Wildman–Crippen MR) is 570 cm³/mol. The Bertz CT molecular complexity index is 6250. The molecule has 0 radical (unpaired) electrons. The number of aliphatic hydroxyl groups is 2. The van der Waals surface area contributed by atoms with Crippen LogP contribution in [0.4, 0.5) is 51.5 Å². The van der Waals surface area contributed by atoms with Crippen LogP contribution in [0.2, 0.25) is 20.1 Å². The van der Waals surface area contributed by atoms with Gasteiger partial charge >= 0.3 is 11.9 Å². The Labute approximate surface area is 854 Å². The van der Waals surface area contributed by atoms with Crippen molar-refractivity contribution in [3.63, 3.8) is 0 Å². The van der Waals surface area contributed by atoms with Crippen molar-refractivity contribution >= 4 is 138 Å². The van der Waals surface area contributed by atoms with E-state index in [-0.39, 0.29) is 49.1 Å². The SMILES string of the molecule is Cc1ccc(C(C)Nc2nc(N3CC(C4CCCN(C5CC(C(=O)O)C5)C4)C3)nc3ccccc23)c(Cl)c1.Cc1ccc(C(C)Nc2nc(N3CC(C4CCCN(C5CC(C)(C(=O)O)C5)C4)C3)nc3ccccc23)c(Cl)c1.Cc1ccc(C(C)Nc2nc(N3CC(C4CCCN(CCO)C4)C3)nc3ccccc23)c(Cl)c1.Cc1ccc(C(C)Nc2nc(N3CC(C4CCCN(CCO)C4)C3)ncc2F)c(Cl)c1. The summed E-state index contributed by atoms with van der Waals surface area (Å²) in [6.07, 6.45) is 14.2. The van der Waals surface area contributed by atoms with E-state index in [9.17, 15) is 34.4 Å². The fraction of sp³-hybridized carbons (Fsp3) is 0.514. The second kappa shape index (κ2) is 45.2. The Morgan fingerprint density at radius 2 is 0.711 bits per heavy atom. The molecule has 0 bridgehead atoms. The highest BCUT2D eigenvalue weighted by Gasteiger charge is 2.51. The first-order valence-electron chi connectivity index (χ1n) is 51.6. The number of hydrogen-bond donors (Lipinski definition) is 8. The van der Waals surface area contributed by atoms with Crippen LogP contribution in [0.15, 0.2) is 152 Å². The Balaban J connectivity index is 0.000000125. The summed E-state index contributed by atoms with van der Waals surface area (Å²) in [5.41, 5.74) is 10.9. The van der Waals surface area contributed by atoms with Crippen molar-refractivity contribution < 1.29 is 34.4 Å². The van der Waals surface area contributed by atoms with Gasteiger partial charge in [-0.1, -0.05) is 131 Å². The number of β-amino-alcohol motifs (C(OH)–C–C–N with tert-alkyl or cyclic N) is 2. The van der Waals surface area contributed by atoms with Gasteiger partial charge in [0.1, 0.15) is 17.5 Å². The van der Waals surface area contributed by atoms with Crippen LogP contribution in [0.1, 0.15) is 180 Å². The van der Waals surface area contributed by atoms with E-state index in [1.165, 1.54) is 57.6 Å². The molecule has 754 valence electrons. The molecule has 8 aliphatic heterocycles. The molecule has 8 saturated heterocycles. The molecule has 11 aromatic rings. The van der Waals surface area contributed by atoms with Crippen LogP contribution < -0.4 is 40.9 Å². The highest BCUT2D eigenvalue weighted by atomic mass is 35.5. The minimum absolute atomic E-state index is 0.00107. The molecule has 8 N–H and O–H groups in total. The van der Waals surface area contributed by atoms with E-state index < -0.39 is 23.2 Å². The van der Waals surface area contributed by atoms with Crippen LogP contribution in [0.25, 0.3) is 32.7 Å². The highest BCUT2D eigenvalue weighted by Crippen LogP contribution is 2.48. The van der Waals surface area contributed by atoms with Crippen LogP contribution in [-0.2, 0) is 9.59 Å². The lowest BCUT2D eigenvalue weighted by Crippen LogP contribution is -2.58. The number of para-hydroxylation sites is 3. The van der Waals surface area contributed by atoms with Crippen LogP contribution in [0.5, 0.6) is 0 Å². The van der Waals surface area contributed by atoms with Crippen molar-refractivity contribution in [3.05, 3.63) is 222 Å². The van der Waals surface area contributed by atoms with Gasteiger partial charge in [0.05, 0.1) is 71.5 Å². The third-order valence-electron chi connectivity index (χ3n) is 32.1. The second-order valence-corrected chi connectivity index (χ2v) is 44.1. The molecular formula is C111H139Cl4FN20O6. The van der Waals surface area contributed by atoms with E-state index in [0.717, 1.165) is 271 Å². The smallest absolute Gasteiger partial charge is 0.309 e. The van der Waals surface area contributed by atoms with Crippen LogP contribution >= 0.6 is 46.4 Å². The second-order valence-electron chi connectivity index (χ2n) is 42.5. The number of piperidine rings is 4. The molecule has 7 aromatic carbocycles. The minimum atomic E-state index is -0.650. The molecule has 31 heteroatoms. The summed E-state index contributed by atoms with van der Waals surface area (Å²) < 4.78 is 14.4. The molecular weight excluding hydrogens is 1870 g/mol. The van der Waals surface area contributed by atoms with Crippen molar-refractivity contribution in [2.45, 2.75) is 176 Å². The van der Waals surface area contributed by atoms with Crippen molar-refractivity contribution in [2.24, 2.45) is 58.7 Å². The average Bonchev–Trinajstić information content (AvgIpc) is 0.754. The maximum Gasteiger partial charge on any atom is 0.309 e. The number of carboxylic acid groups (broad SMARTS) is 2. The van der Waals surface area contributed by atoms with Crippen LogP contribution in [-0.4, -0.2) is 235 Å². The van der Waals surface area contributed by atoms with Crippen molar-refractivity contribution in [1.29, 1.82) is 0 Å². The molecule has 8 atom stereocenters. The molecule has 0 amide bonds. The zero-order valence-corrected chi connectivity index (χ0v) is 86.4.